The van der Waals surface area contributed by atoms with E-state index in [0.717, 1.165) is 44.8 Å². The molecule has 0 unspecified atom stereocenters. The van der Waals surface area contributed by atoms with Crippen LogP contribution >= 0.6 is 0 Å². The number of piperidine rings is 1. The number of anilines is 1. The van der Waals surface area contributed by atoms with E-state index in [0.29, 0.717) is 0 Å². The molecule has 1 fully saturated rings. The molecule has 4 heteroatoms. The van der Waals surface area contributed by atoms with Crippen molar-refractivity contribution in [3.05, 3.63) is 59.7 Å². The topological polar surface area (TPSA) is 44.7 Å². The minimum absolute atomic E-state index is 0.121. The maximum Gasteiger partial charge on any atom is 0.118 e. The predicted octanol–water partition coefficient (Wildman–Crippen LogP) is 3.26. The lowest BCUT2D eigenvalue weighted by Gasteiger charge is -2.30. The molecule has 1 aliphatic rings. The first-order valence-electron chi connectivity index (χ1n) is 8.60. The van der Waals surface area contributed by atoms with Crippen LogP contribution in [0.1, 0.15) is 24.0 Å². The lowest BCUT2D eigenvalue weighted by Crippen LogP contribution is -2.35. The van der Waals surface area contributed by atoms with E-state index in [2.05, 4.69) is 46.6 Å². The lowest BCUT2D eigenvalue weighted by atomic mass is 10.1. The van der Waals surface area contributed by atoms with Crippen molar-refractivity contribution in [1.29, 1.82) is 0 Å². The van der Waals surface area contributed by atoms with Crippen LogP contribution in [0.4, 0.5) is 5.69 Å². The number of aliphatic hydroxyl groups excluding tert-OH is 1. The number of aliphatic hydroxyl groups is 1. The highest BCUT2D eigenvalue weighted by Crippen LogP contribution is 2.21. The molecule has 0 aromatic heterocycles. The molecule has 24 heavy (non-hydrogen) atoms. The van der Waals surface area contributed by atoms with E-state index in [1.807, 2.05) is 12.1 Å². The van der Waals surface area contributed by atoms with Crippen LogP contribution in [-0.2, 0) is 13.1 Å². The number of para-hydroxylation sites is 1. The number of likely N-dealkylation sites (tertiary alicyclic amines) is 1. The molecule has 0 saturated carbocycles. The minimum Gasteiger partial charge on any atom is -0.497 e. The summed E-state index contributed by atoms with van der Waals surface area (Å²) in [5.74, 6) is 0.881. The molecule has 0 atom stereocenters. The number of nitrogens with zero attached hydrogens (tertiary/aromatic N) is 1. The maximum absolute atomic E-state index is 9.65. The van der Waals surface area contributed by atoms with Crippen LogP contribution in [0.5, 0.6) is 5.75 Å². The van der Waals surface area contributed by atoms with Gasteiger partial charge in [0.15, 0.2) is 0 Å². The Bertz CT molecular complexity index is 634. The van der Waals surface area contributed by atoms with Crippen LogP contribution in [-0.4, -0.2) is 36.3 Å². The van der Waals surface area contributed by atoms with Gasteiger partial charge in [-0.15, -0.1) is 0 Å². The second-order valence-corrected chi connectivity index (χ2v) is 6.37. The fraction of sp³-hybridized carbons (Fsp3) is 0.400. The largest absolute Gasteiger partial charge is 0.497 e. The summed E-state index contributed by atoms with van der Waals surface area (Å²) in [6.07, 6.45) is 1.63. The van der Waals surface area contributed by atoms with Crippen molar-refractivity contribution in [2.75, 3.05) is 25.5 Å². The molecule has 0 aliphatic carbocycles. The van der Waals surface area contributed by atoms with E-state index >= 15 is 0 Å². The van der Waals surface area contributed by atoms with Crippen molar-refractivity contribution in [2.24, 2.45) is 0 Å². The number of methoxy groups -OCH3 is 1. The van der Waals surface area contributed by atoms with Gasteiger partial charge in [-0.2, -0.15) is 0 Å². The van der Waals surface area contributed by atoms with E-state index in [4.69, 9.17) is 4.74 Å². The Hall–Kier alpha value is -2.04. The number of benzene rings is 2. The summed E-state index contributed by atoms with van der Waals surface area (Å²) in [6.45, 7) is 3.65. The zero-order chi connectivity index (χ0) is 16.8. The number of ether oxygens (including phenoxy) is 1. The molecular weight excluding hydrogens is 300 g/mol. The standard InChI is InChI=1S/C20H26N2O2/c1-24-19-8-6-16(7-9-19)14-21-20-5-3-2-4-17(20)15-22-12-10-18(23)11-13-22/h2-9,18,21,23H,10-15H2,1H3. The van der Waals surface area contributed by atoms with E-state index in [-0.39, 0.29) is 6.10 Å². The number of hydrogen-bond donors (Lipinski definition) is 2. The third-order valence-corrected chi connectivity index (χ3v) is 4.61. The van der Waals surface area contributed by atoms with Gasteiger partial charge < -0.3 is 15.2 Å². The summed E-state index contributed by atoms with van der Waals surface area (Å²) >= 11 is 0. The van der Waals surface area contributed by atoms with E-state index < -0.39 is 0 Å². The second-order valence-electron chi connectivity index (χ2n) is 6.37. The van der Waals surface area contributed by atoms with Crippen molar-refractivity contribution in [2.45, 2.75) is 32.0 Å². The highest BCUT2D eigenvalue weighted by molar-refractivity contribution is 5.51. The van der Waals surface area contributed by atoms with Crippen LogP contribution in [0.2, 0.25) is 0 Å². The molecule has 2 aromatic rings. The smallest absolute Gasteiger partial charge is 0.118 e. The highest BCUT2D eigenvalue weighted by atomic mass is 16.5. The van der Waals surface area contributed by atoms with Crippen molar-refractivity contribution in [3.63, 3.8) is 0 Å². The first kappa shape index (κ1) is 16.8. The Kier molecular flexibility index (Phi) is 5.72. The fourth-order valence-electron chi connectivity index (χ4n) is 3.09. The highest BCUT2D eigenvalue weighted by Gasteiger charge is 2.17. The fourth-order valence-corrected chi connectivity index (χ4v) is 3.09. The SMILES string of the molecule is COc1ccc(CNc2ccccc2CN2CCC(O)CC2)cc1. The van der Waals surface area contributed by atoms with Crippen LogP contribution in [0.15, 0.2) is 48.5 Å². The third kappa shape index (κ3) is 4.49. The number of hydrogen-bond acceptors (Lipinski definition) is 4. The first-order chi connectivity index (χ1) is 11.7. The molecule has 1 saturated heterocycles. The van der Waals surface area contributed by atoms with Gasteiger partial charge in [-0.05, 0) is 42.2 Å². The molecular formula is C20H26N2O2. The molecule has 0 spiro atoms. The third-order valence-electron chi connectivity index (χ3n) is 4.61. The molecule has 2 aromatic carbocycles. The van der Waals surface area contributed by atoms with Crippen LogP contribution < -0.4 is 10.1 Å². The number of nitrogens with one attached hydrogen (secondary N) is 1. The van der Waals surface area contributed by atoms with Crippen molar-refractivity contribution in [3.8, 4) is 5.75 Å². The first-order valence-corrected chi connectivity index (χ1v) is 8.60. The molecule has 4 nitrogen and oxygen atoms in total. The summed E-state index contributed by atoms with van der Waals surface area (Å²) in [6, 6.07) is 16.6. The van der Waals surface area contributed by atoms with Gasteiger partial charge in [0.1, 0.15) is 5.75 Å². The quantitative estimate of drug-likeness (QED) is 0.855. The number of rotatable bonds is 6. The molecule has 0 radical (unpaired) electrons. The molecule has 1 aliphatic heterocycles. The van der Waals surface area contributed by atoms with Gasteiger partial charge in [0, 0.05) is 31.9 Å². The van der Waals surface area contributed by atoms with Crippen LogP contribution in [0.3, 0.4) is 0 Å². The van der Waals surface area contributed by atoms with E-state index in [1.165, 1.54) is 16.8 Å². The van der Waals surface area contributed by atoms with Crippen LogP contribution in [0, 0.1) is 0 Å². The summed E-state index contributed by atoms with van der Waals surface area (Å²) in [5, 5.41) is 13.2. The summed E-state index contributed by atoms with van der Waals surface area (Å²) in [4.78, 5) is 2.42. The van der Waals surface area contributed by atoms with Gasteiger partial charge in [0.2, 0.25) is 0 Å². The average molecular weight is 326 g/mol. The van der Waals surface area contributed by atoms with Gasteiger partial charge in [-0.3, -0.25) is 4.90 Å². The Morgan fingerprint density at radius 1 is 1.08 bits per heavy atom. The maximum atomic E-state index is 9.65. The molecule has 0 amide bonds. The predicted molar refractivity (Wildman–Crippen MR) is 97.3 cm³/mol. The van der Waals surface area contributed by atoms with Gasteiger partial charge in [-0.25, -0.2) is 0 Å². The zero-order valence-corrected chi connectivity index (χ0v) is 14.2. The van der Waals surface area contributed by atoms with Gasteiger partial charge in [0.25, 0.3) is 0 Å². The van der Waals surface area contributed by atoms with Crippen molar-refractivity contribution >= 4 is 5.69 Å². The van der Waals surface area contributed by atoms with E-state index in [9.17, 15) is 5.11 Å². The Balaban J connectivity index is 1.61. The molecule has 0 bridgehead atoms. The molecule has 2 N–H and O–H groups in total. The summed E-state index contributed by atoms with van der Waals surface area (Å²) in [5.41, 5.74) is 3.72. The minimum atomic E-state index is -0.121. The Labute approximate surface area is 144 Å². The normalized spacial score (nSPS) is 16.1. The molecule has 128 valence electrons. The Morgan fingerprint density at radius 3 is 2.50 bits per heavy atom. The molecule has 1 heterocycles. The van der Waals surface area contributed by atoms with Crippen LogP contribution in [0.25, 0.3) is 0 Å². The lowest BCUT2D eigenvalue weighted by molar-refractivity contribution is 0.0793. The second kappa shape index (κ2) is 8.18. The van der Waals surface area contributed by atoms with Gasteiger partial charge in [0.05, 0.1) is 13.2 Å². The van der Waals surface area contributed by atoms with Gasteiger partial charge >= 0.3 is 0 Å². The van der Waals surface area contributed by atoms with Crippen molar-refractivity contribution < 1.29 is 9.84 Å². The Morgan fingerprint density at radius 2 is 1.79 bits per heavy atom. The molecule has 3 rings (SSSR count). The van der Waals surface area contributed by atoms with E-state index in [1.54, 1.807) is 7.11 Å². The average Bonchev–Trinajstić information content (AvgIpc) is 2.63. The zero-order valence-electron chi connectivity index (χ0n) is 14.2. The summed E-state index contributed by atoms with van der Waals surface area (Å²) in [7, 11) is 1.68. The summed E-state index contributed by atoms with van der Waals surface area (Å²) < 4.78 is 5.20. The monoisotopic (exact) mass is 326 g/mol. The van der Waals surface area contributed by atoms with Crippen molar-refractivity contribution in [1.82, 2.24) is 4.90 Å². The van der Waals surface area contributed by atoms with Gasteiger partial charge in [-0.1, -0.05) is 30.3 Å².